The van der Waals surface area contributed by atoms with Gasteiger partial charge < -0.3 is 10.2 Å². The molecule has 1 saturated carbocycles. The standard InChI is InChI=1S/C16H20N2O/c1-17-10-16(4-5-16)13-7-11-3-2-6-18-14(19)9-12(8-13)15(11)18/h7-8,17H,2-6,9-10H2,1H3. The number of carbonyl (C=O) groups excluding carboxylic acids is 1. The molecule has 1 aromatic carbocycles. The van der Waals surface area contributed by atoms with E-state index in [1.165, 1.54) is 35.2 Å². The maximum atomic E-state index is 12.1. The summed E-state index contributed by atoms with van der Waals surface area (Å²) in [5, 5.41) is 3.33. The minimum atomic E-state index is 0.298. The van der Waals surface area contributed by atoms with Crippen molar-refractivity contribution < 1.29 is 4.79 Å². The third kappa shape index (κ3) is 1.57. The highest BCUT2D eigenvalue weighted by Crippen LogP contribution is 2.50. The van der Waals surface area contributed by atoms with Crippen molar-refractivity contribution >= 4 is 11.6 Å². The zero-order valence-electron chi connectivity index (χ0n) is 11.5. The fourth-order valence-corrected chi connectivity index (χ4v) is 3.84. The van der Waals surface area contributed by atoms with Gasteiger partial charge in [0.25, 0.3) is 0 Å². The largest absolute Gasteiger partial charge is 0.319 e. The SMILES string of the molecule is CNCC1(c2cc3c4c(c2)CC(=O)N4CCC3)CC1. The number of nitrogens with zero attached hydrogens (tertiary/aromatic N) is 1. The number of amides is 1. The van der Waals surface area contributed by atoms with E-state index in [2.05, 4.69) is 17.4 Å². The zero-order valence-corrected chi connectivity index (χ0v) is 11.5. The van der Waals surface area contributed by atoms with Crippen LogP contribution in [0.2, 0.25) is 0 Å². The quantitative estimate of drug-likeness (QED) is 0.894. The molecule has 1 amide bonds. The summed E-state index contributed by atoms with van der Waals surface area (Å²) in [6.07, 6.45) is 5.43. The van der Waals surface area contributed by atoms with Gasteiger partial charge in [-0.2, -0.15) is 0 Å². The Hall–Kier alpha value is -1.35. The number of rotatable bonds is 3. The van der Waals surface area contributed by atoms with Gasteiger partial charge in [-0.25, -0.2) is 0 Å². The number of likely N-dealkylation sites (N-methyl/N-ethyl adjacent to an activating group) is 1. The first kappa shape index (κ1) is 11.5. The van der Waals surface area contributed by atoms with Crippen molar-refractivity contribution in [1.29, 1.82) is 0 Å². The van der Waals surface area contributed by atoms with Gasteiger partial charge in [0.05, 0.1) is 12.1 Å². The van der Waals surface area contributed by atoms with Gasteiger partial charge >= 0.3 is 0 Å². The Morgan fingerprint density at radius 2 is 2.11 bits per heavy atom. The molecule has 0 atom stereocenters. The van der Waals surface area contributed by atoms with Crippen LogP contribution in [0.15, 0.2) is 12.1 Å². The van der Waals surface area contributed by atoms with Gasteiger partial charge in [-0.15, -0.1) is 0 Å². The van der Waals surface area contributed by atoms with Crippen LogP contribution in [0.1, 0.15) is 36.0 Å². The van der Waals surface area contributed by atoms with Crippen LogP contribution >= 0.6 is 0 Å². The lowest BCUT2D eigenvalue weighted by molar-refractivity contribution is -0.117. The van der Waals surface area contributed by atoms with E-state index in [9.17, 15) is 4.79 Å². The zero-order chi connectivity index (χ0) is 13.0. The molecule has 3 heteroatoms. The predicted octanol–water partition coefficient (Wildman–Crippen LogP) is 1.77. The Labute approximate surface area is 114 Å². The van der Waals surface area contributed by atoms with Crippen LogP contribution in [0.3, 0.4) is 0 Å². The highest BCUT2D eigenvalue weighted by atomic mass is 16.2. The molecule has 2 heterocycles. The third-order valence-electron chi connectivity index (χ3n) is 4.99. The second-order valence-electron chi connectivity index (χ2n) is 6.28. The fourth-order valence-electron chi connectivity index (χ4n) is 3.84. The van der Waals surface area contributed by atoms with Crippen LogP contribution in [0.5, 0.6) is 0 Å². The predicted molar refractivity (Wildman–Crippen MR) is 75.7 cm³/mol. The Balaban J connectivity index is 1.81. The smallest absolute Gasteiger partial charge is 0.231 e. The fraction of sp³-hybridized carbons (Fsp3) is 0.562. The van der Waals surface area contributed by atoms with Crippen molar-refractivity contribution in [1.82, 2.24) is 5.32 Å². The molecule has 0 bridgehead atoms. The minimum absolute atomic E-state index is 0.298. The highest BCUT2D eigenvalue weighted by molar-refractivity contribution is 6.02. The Morgan fingerprint density at radius 3 is 2.84 bits per heavy atom. The van der Waals surface area contributed by atoms with E-state index in [0.29, 0.717) is 17.7 Å². The van der Waals surface area contributed by atoms with Crippen LogP contribution in [0.25, 0.3) is 0 Å². The maximum absolute atomic E-state index is 12.1. The molecule has 3 nitrogen and oxygen atoms in total. The molecule has 3 aliphatic rings. The molecule has 1 fully saturated rings. The number of benzene rings is 1. The van der Waals surface area contributed by atoms with Crippen LogP contribution in [0.4, 0.5) is 5.69 Å². The molecule has 1 aromatic rings. The summed E-state index contributed by atoms with van der Waals surface area (Å²) >= 11 is 0. The number of anilines is 1. The number of aryl methyl sites for hydroxylation is 1. The molecule has 1 N–H and O–H groups in total. The van der Waals surface area contributed by atoms with Crippen LogP contribution < -0.4 is 10.2 Å². The maximum Gasteiger partial charge on any atom is 0.231 e. The van der Waals surface area contributed by atoms with E-state index in [-0.39, 0.29) is 0 Å². The molecule has 19 heavy (non-hydrogen) atoms. The summed E-state index contributed by atoms with van der Waals surface area (Å²) in [6.45, 7) is 1.97. The van der Waals surface area contributed by atoms with Crippen molar-refractivity contribution in [2.45, 2.75) is 37.5 Å². The molecule has 0 saturated heterocycles. The third-order valence-corrected chi connectivity index (χ3v) is 4.99. The van der Waals surface area contributed by atoms with E-state index in [4.69, 9.17) is 0 Å². The second kappa shape index (κ2) is 3.83. The van der Waals surface area contributed by atoms with Crippen molar-refractivity contribution in [3.8, 4) is 0 Å². The van der Waals surface area contributed by atoms with Crippen molar-refractivity contribution in [3.05, 3.63) is 28.8 Å². The van der Waals surface area contributed by atoms with Crippen molar-refractivity contribution in [3.63, 3.8) is 0 Å². The minimum Gasteiger partial charge on any atom is -0.319 e. The molecule has 4 rings (SSSR count). The van der Waals surface area contributed by atoms with Crippen LogP contribution in [-0.2, 0) is 23.1 Å². The monoisotopic (exact) mass is 256 g/mol. The van der Waals surface area contributed by atoms with E-state index in [0.717, 1.165) is 25.9 Å². The average Bonchev–Trinajstić information content (AvgIpc) is 3.12. The molecular weight excluding hydrogens is 236 g/mol. The Morgan fingerprint density at radius 1 is 1.32 bits per heavy atom. The summed E-state index contributed by atoms with van der Waals surface area (Å²) < 4.78 is 0. The lowest BCUT2D eigenvalue weighted by atomic mass is 9.89. The van der Waals surface area contributed by atoms with Gasteiger partial charge in [-0.3, -0.25) is 4.79 Å². The Bertz CT molecular complexity index is 560. The number of carbonyl (C=O) groups is 1. The topological polar surface area (TPSA) is 32.3 Å². The Kier molecular flexibility index (Phi) is 2.31. The highest BCUT2D eigenvalue weighted by Gasteiger charge is 2.45. The van der Waals surface area contributed by atoms with Gasteiger partial charge in [-0.05, 0) is 49.4 Å². The summed E-state index contributed by atoms with van der Waals surface area (Å²) in [5.74, 6) is 0.298. The molecule has 0 radical (unpaired) electrons. The summed E-state index contributed by atoms with van der Waals surface area (Å²) in [5.41, 5.74) is 5.76. The van der Waals surface area contributed by atoms with E-state index in [1.807, 2.05) is 11.9 Å². The molecule has 0 unspecified atom stereocenters. The average molecular weight is 256 g/mol. The van der Waals surface area contributed by atoms with Crippen LogP contribution in [0, 0.1) is 0 Å². The lowest BCUT2D eigenvalue weighted by Crippen LogP contribution is -2.31. The van der Waals surface area contributed by atoms with Gasteiger partial charge in [0.2, 0.25) is 5.91 Å². The van der Waals surface area contributed by atoms with Crippen molar-refractivity contribution in [2.24, 2.45) is 0 Å². The molecule has 2 aliphatic heterocycles. The van der Waals surface area contributed by atoms with Gasteiger partial charge in [0.15, 0.2) is 0 Å². The number of hydrogen-bond donors (Lipinski definition) is 1. The van der Waals surface area contributed by atoms with Gasteiger partial charge in [-0.1, -0.05) is 12.1 Å². The molecule has 0 aromatic heterocycles. The van der Waals surface area contributed by atoms with Crippen molar-refractivity contribution in [2.75, 3.05) is 25.0 Å². The molecule has 100 valence electrons. The van der Waals surface area contributed by atoms with Gasteiger partial charge in [0.1, 0.15) is 0 Å². The van der Waals surface area contributed by atoms with E-state index in [1.54, 1.807) is 0 Å². The van der Waals surface area contributed by atoms with E-state index < -0.39 is 0 Å². The molecule has 1 aliphatic carbocycles. The van der Waals surface area contributed by atoms with Gasteiger partial charge in [0, 0.05) is 18.5 Å². The summed E-state index contributed by atoms with van der Waals surface area (Å²) in [6, 6.07) is 4.69. The summed E-state index contributed by atoms with van der Waals surface area (Å²) in [4.78, 5) is 14.1. The lowest BCUT2D eigenvalue weighted by Gasteiger charge is -2.27. The van der Waals surface area contributed by atoms with Crippen LogP contribution in [-0.4, -0.2) is 26.0 Å². The number of nitrogens with one attached hydrogen (secondary N) is 1. The second-order valence-corrected chi connectivity index (χ2v) is 6.28. The summed E-state index contributed by atoms with van der Waals surface area (Å²) in [7, 11) is 2.03. The molecular formula is C16H20N2O. The van der Waals surface area contributed by atoms with E-state index >= 15 is 0 Å². The number of hydrogen-bond acceptors (Lipinski definition) is 2. The first-order valence-electron chi connectivity index (χ1n) is 7.35. The first-order chi connectivity index (χ1) is 9.23. The normalized spacial score (nSPS) is 22.6. The molecule has 0 spiro atoms. The first-order valence-corrected chi connectivity index (χ1v) is 7.35.